The third-order valence-electron chi connectivity index (χ3n) is 4.95. The zero-order chi connectivity index (χ0) is 14.5. The first-order valence-electron chi connectivity index (χ1n) is 8.41. The van der Waals surface area contributed by atoms with Gasteiger partial charge in [-0.2, -0.15) is 0 Å². The third kappa shape index (κ3) is 3.26. The topological polar surface area (TPSA) is 24.9 Å². The minimum Gasteiger partial charge on any atom is -0.313 e. The van der Waals surface area contributed by atoms with Crippen LogP contribution in [0.1, 0.15) is 56.6 Å². The van der Waals surface area contributed by atoms with E-state index >= 15 is 0 Å². The molecule has 21 heavy (non-hydrogen) atoms. The molecule has 0 aliphatic heterocycles. The van der Waals surface area contributed by atoms with Crippen LogP contribution in [-0.2, 0) is 0 Å². The number of hydrogen-bond acceptors (Lipinski definition) is 2. The van der Waals surface area contributed by atoms with Gasteiger partial charge >= 0.3 is 0 Å². The van der Waals surface area contributed by atoms with E-state index in [-0.39, 0.29) is 0 Å². The molecule has 1 unspecified atom stereocenters. The average Bonchev–Trinajstić information content (AvgIpc) is 2.50. The van der Waals surface area contributed by atoms with E-state index < -0.39 is 0 Å². The minimum atomic E-state index is 0.455. The highest BCUT2D eigenvalue weighted by molar-refractivity contribution is 5.82. The number of fused-ring (bicyclic) bond motifs is 1. The lowest BCUT2D eigenvalue weighted by Crippen LogP contribution is -2.26. The Labute approximate surface area is 128 Å². The van der Waals surface area contributed by atoms with Crippen LogP contribution in [0.15, 0.2) is 36.5 Å². The van der Waals surface area contributed by atoms with E-state index in [1.807, 2.05) is 6.20 Å². The van der Waals surface area contributed by atoms with Gasteiger partial charge in [-0.05, 0) is 43.5 Å². The fourth-order valence-corrected chi connectivity index (χ4v) is 3.86. The number of nitrogens with one attached hydrogen (secondary N) is 1. The lowest BCUT2D eigenvalue weighted by atomic mass is 9.82. The van der Waals surface area contributed by atoms with Crippen molar-refractivity contribution in [3.63, 3.8) is 0 Å². The van der Waals surface area contributed by atoms with Crippen molar-refractivity contribution >= 4 is 10.9 Å². The van der Waals surface area contributed by atoms with Gasteiger partial charge in [0.1, 0.15) is 0 Å². The SMILES string of the molecule is CNC(c1cccc2ncccc12)C1CCCCCCC1. The van der Waals surface area contributed by atoms with Crippen LogP contribution in [0.4, 0.5) is 0 Å². The van der Waals surface area contributed by atoms with Crippen LogP contribution in [0.3, 0.4) is 0 Å². The lowest BCUT2D eigenvalue weighted by molar-refractivity contribution is 0.300. The Balaban J connectivity index is 1.93. The van der Waals surface area contributed by atoms with Crippen LogP contribution >= 0.6 is 0 Å². The van der Waals surface area contributed by atoms with Crippen LogP contribution in [0, 0.1) is 5.92 Å². The molecular formula is C19H26N2. The predicted molar refractivity (Wildman–Crippen MR) is 89.4 cm³/mol. The highest BCUT2D eigenvalue weighted by Gasteiger charge is 2.23. The standard InChI is InChI=1S/C19H26N2/c1-20-19(15-9-5-3-2-4-6-10-15)17-11-7-13-18-16(17)12-8-14-21-18/h7-8,11-15,19-20H,2-6,9-10H2,1H3. The van der Waals surface area contributed by atoms with E-state index in [0.29, 0.717) is 6.04 Å². The van der Waals surface area contributed by atoms with E-state index in [4.69, 9.17) is 0 Å². The molecule has 2 nitrogen and oxygen atoms in total. The van der Waals surface area contributed by atoms with E-state index in [0.717, 1.165) is 11.4 Å². The second-order valence-electron chi connectivity index (χ2n) is 6.29. The molecule has 0 saturated heterocycles. The maximum atomic E-state index is 4.51. The van der Waals surface area contributed by atoms with Crippen molar-refractivity contribution in [1.82, 2.24) is 10.3 Å². The molecule has 0 spiro atoms. The Morgan fingerprint density at radius 3 is 2.52 bits per heavy atom. The molecule has 1 heterocycles. The molecule has 0 amide bonds. The van der Waals surface area contributed by atoms with Crippen molar-refractivity contribution in [2.24, 2.45) is 5.92 Å². The fourth-order valence-electron chi connectivity index (χ4n) is 3.86. The summed E-state index contributed by atoms with van der Waals surface area (Å²) in [6, 6.07) is 11.3. The fraction of sp³-hybridized carbons (Fsp3) is 0.526. The number of benzene rings is 1. The molecule has 1 fully saturated rings. The first-order chi connectivity index (χ1) is 10.4. The molecule has 1 aliphatic rings. The molecule has 1 aromatic heterocycles. The quantitative estimate of drug-likeness (QED) is 0.870. The van der Waals surface area contributed by atoms with Gasteiger partial charge in [-0.15, -0.1) is 0 Å². The van der Waals surface area contributed by atoms with Crippen LogP contribution in [0.25, 0.3) is 10.9 Å². The molecule has 1 aromatic carbocycles. The van der Waals surface area contributed by atoms with Gasteiger partial charge < -0.3 is 5.32 Å². The second kappa shape index (κ2) is 7.04. The number of pyridine rings is 1. The Bertz CT molecular complexity index is 565. The van der Waals surface area contributed by atoms with Gasteiger partial charge in [0.2, 0.25) is 0 Å². The zero-order valence-corrected chi connectivity index (χ0v) is 13.0. The molecule has 0 bridgehead atoms. The van der Waals surface area contributed by atoms with Crippen LogP contribution in [-0.4, -0.2) is 12.0 Å². The van der Waals surface area contributed by atoms with Gasteiger partial charge in [-0.1, -0.05) is 50.3 Å². The Morgan fingerprint density at radius 2 is 1.76 bits per heavy atom. The molecule has 0 radical (unpaired) electrons. The summed E-state index contributed by atoms with van der Waals surface area (Å²) in [5, 5.41) is 4.91. The van der Waals surface area contributed by atoms with Crippen molar-refractivity contribution in [2.45, 2.75) is 51.0 Å². The summed E-state index contributed by atoms with van der Waals surface area (Å²) in [7, 11) is 2.11. The molecule has 2 heteroatoms. The van der Waals surface area contributed by atoms with E-state index in [1.54, 1.807) is 0 Å². The van der Waals surface area contributed by atoms with Gasteiger partial charge in [-0.3, -0.25) is 4.98 Å². The summed E-state index contributed by atoms with van der Waals surface area (Å²) in [5.74, 6) is 0.751. The highest BCUT2D eigenvalue weighted by Crippen LogP contribution is 2.35. The summed E-state index contributed by atoms with van der Waals surface area (Å²) in [6.07, 6.45) is 11.6. The number of rotatable bonds is 3. The van der Waals surface area contributed by atoms with Gasteiger partial charge in [0, 0.05) is 17.6 Å². The van der Waals surface area contributed by atoms with Crippen molar-refractivity contribution in [3.05, 3.63) is 42.1 Å². The molecule has 3 rings (SSSR count). The Kier molecular flexibility index (Phi) is 4.87. The first kappa shape index (κ1) is 14.5. The number of nitrogens with zero attached hydrogens (tertiary/aromatic N) is 1. The molecule has 1 saturated carbocycles. The van der Waals surface area contributed by atoms with Crippen molar-refractivity contribution in [2.75, 3.05) is 7.05 Å². The second-order valence-corrected chi connectivity index (χ2v) is 6.29. The third-order valence-corrected chi connectivity index (χ3v) is 4.95. The minimum absolute atomic E-state index is 0.455. The number of hydrogen-bond donors (Lipinski definition) is 1. The molecule has 1 atom stereocenters. The van der Waals surface area contributed by atoms with Gasteiger partial charge in [0.25, 0.3) is 0 Å². The Morgan fingerprint density at radius 1 is 1.00 bits per heavy atom. The maximum absolute atomic E-state index is 4.51. The maximum Gasteiger partial charge on any atom is 0.0705 e. The Hall–Kier alpha value is -1.41. The van der Waals surface area contributed by atoms with Crippen LogP contribution in [0.5, 0.6) is 0 Å². The van der Waals surface area contributed by atoms with Crippen LogP contribution in [0.2, 0.25) is 0 Å². The van der Waals surface area contributed by atoms with Crippen LogP contribution < -0.4 is 5.32 Å². The smallest absolute Gasteiger partial charge is 0.0705 e. The summed E-state index contributed by atoms with van der Waals surface area (Å²) >= 11 is 0. The number of aromatic nitrogens is 1. The van der Waals surface area contributed by atoms with Gasteiger partial charge in [0.15, 0.2) is 0 Å². The molecule has 112 valence electrons. The lowest BCUT2D eigenvalue weighted by Gasteiger charge is -2.29. The normalized spacial score (nSPS) is 19.1. The zero-order valence-electron chi connectivity index (χ0n) is 13.0. The molecule has 2 aromatic rings. The first-order valence-corrected chi connectivity index (χ1v) is 8.41. The van der Waals surface area contributed by atoms with Crippen molar-refractivity contribution < 1.29 is 0 Å². The van der Waals surface area contributed by atoms with Gasteiger partial charge in [0.05, 0.1) is 5.52 Å². The van der Waals surface area contributed by atoms with Crippen molar-refractivity contribution in [3.8, 4) is 0 Å². The van der Waals surface area contributed by atoms with E-state index in [1.165, 1.54) is 55.9 Å². The summed E-state index contributed by atoms with van der Waals surface area (Å²) < 4.78 is 0. The van der Waals surface area contributed by atoms with E-state index in [2.05, 4.69) is 47.7 Å². The van der Waals surface area contributed by atoms with Gasteiger partial charge in [-0.25, -0.2) is 0 Å². The monoisotopic (exact) mass is 282 g/mol. The summed E-state index contributed by atoms with van der Waals surface area (Å²) in [6.45, 7) is 0. The predicted octanol–water partition coefficient (Wildman–Crippen LogP) is 4.86. The summed E-state index contributed by atoms with van der Waals surface area (Å²) in [4.78, 5) is 4.51. The molecular weight excluding hydrogens is 256 g/mol. The average molecular weight is 282 g/mol. The van der Waals surface area contributed by atoms with Crippen molar-refractivity contribution in [1.29, 1.82) is 0 Å². The molecule has 1 N–H and O–H groups in total. The van der Waals surface area contributed by atoms with E-state index in [9.17, 15) is 0 Å². The molecule has 1 aliphatic carbocycles. The highest BCUT2D eigenvalue weighted by atomic mass is 14.9. The summed E-state index contributed by atoms with van der Waals surface area (Å²) in [5.41, 5.74) is 2.54. The largest absolute Gasteiger partial charge is 0.313 e.